The third kappa shape index (κ3) is 4.14. The van der Waals surface area contributed by atoms with Crippen LogP contribution in [0.2, 0.25) is 0 Å². The molecule has 0 heterocycles. The van der Waals surface area contributed by atoms with Crippen LogP contribution in [-0.4, -0.2) is 19.8 Å². The molecular weight excluding hydrogens is 408 g/mol. The molecule has 1 rings (SSSR count). The van der Waals surface area contributed by atoms with Gasteiger partial charge >= 0.3 is 0 Å². The molecule has 0 aliphatic rings. The second kappa shape index (κ2) is 7.19. The Morgan fingerprint density at radius 3 is 2.05 bits per heavy atom. The second-order valence-electron chi connectivity index (χ2n) is 4.17. The van der Waals surface area contributed by atoms with Gasteiger partial charge in [0.25, 0.3) is 0 Å². The van der Waals surface area contributed by atoms with Gasteiger partial charge in [-0.05, 0) is 24.0 Å². The monoisotopic (exact) mass is 416 g/mol. The molecule has 0 unspecified atom stereocenters. The molecule has 114 valence electrons. The van der Waals surface area contributed by atoms with Crippen molar-refractivity contribution in [2.75, 3.05) is 6.61 Å². The number of alkyl halides is 7. The highest BCUT2D eigenvalue weighted by atomic mass is 35.6. The topological polar surface area (TPSA) is 20.2 Å². The van der Waals surface area contributed by atoms with Gasteiger partial charge in [-0.15, -0.1) is 0 Å². The summed E-state index contributed by atoms with van der Waals surface area (Å²) in [5.41, 5.74) is 1.32. The summed E-state index contributed by atoms with van der Waals surface area (Å²) in [4.78, 5) is 0. The van der Waals surface area contributed by atoms with Gasteiger partial charge in [0.15, 0.2) is 4.33 Å². The Morgan fingerprint density at radius 1 is 0.950 bits per heavy atom. The van der Waals surface area contributed by atoms with Crippen molar-refractivity contribution in [2.24, 2.45) is 0 Å². The normalized spacial score (nSPS) is 13.6. The van der Waals surface area contributed by atoms with Crippen LogP contribution in [0.15, 0.2) is 24.3 Å². The van der Waals surface area contributed by atoms with Gasteiger partial charge in [-0.3, -0.25) is 0 Å². The first-order valence-corrected chi connectivity index (χ1v) is 8.21. The second-order valence-corrected chi connectivity index (χ2v) is 9.11. The van der Waals surface area contributed by atoms with Crippen LogP contribution in [0.25, 0.3) is 0 Å². The van der Waals surface area contributed by atoms with E-state index in [0.29, 0.717) is 18.4 Å². The van der Waals surface area contributed by atoms with Crippen molar-refractivity contribution >= 4 is 81.2 Å². The Kier molecular flexibility index (Phi) is 6.92. The van der Waals surface area contributed by atoms with Crippen LogP contribution in [0.4, 0.5) is 0 Å². The zero-order chi connectivity index (χ0) is 15.6. The Hall–Kier alpha value is 1.21. The third-order valence-electron chi connectivity index (χ3n) is 2.66. The molecule has 0 amide bonds. The molecule has 0 bridgehead atoms. The predicted octanol–water partition coefficient (Wildman–Crippen LogP) is 5.79. The zero-order valence-corrected chi connectivity index (χ0v) is 15.3. The fourth-order valence-electron chi connectivity index (χ4n) is 1.56. The molecule has 0 radical (unpaired) electrons. The summed E-state index contributed by atoms with van der Waals surface area (Å²) >= 11 is 41.9. The maximum Gasteiger partial charge on any atom is 0.226 e. The molecule has 8 heteroatoms. The average Bonchev–Trinajstić information content (AvgIpc) is 2.35. The predicted molar refractivity (Wildman–Crippen MR) is 90.0 cm³/mol. The molecule has 1 nitrogen and oxygen atoms in total. The van der Waals surface area contributed by atoms with Gasteiger partial charge in [-0.2, -0.15) is 0 Å². The van der Waals surface area contributed by atoms with Crippen molar-refractivity contribution in [2.45, 2.75) is 25.3 Å². The number of hydrogen-bond donors (Lipinski definition) is 1. The summed E-state index contributed by atoms with van der Waals surface area (Å²) in [6.07, 6.45) is 1.26. The van der Waals surface area contributed by atoms with Crippen molar-refractivity contribution in [1.29, 1.82) is 0 Å². The first-order valence-electron chi connectivity index (χ1n) is 5.56. The number of rotatable bonds is 5. The van der Waals surface area contributed by atoms with E-state index in [0.717, 1.165) is 5.56 Å². The summed E-state index contributed by atoms with van der Waals surface area (Å²) in [5.74, 6) is 0. The van der Waals surface area contributed by atoms with Gasteiger partial charge in [-0.1, -0.05) is 105 Å². The van der Waals surface area contributed by atoms with E-state index in [1.54, 1.807) is 18.2 Å². The molecule has 0 aliphatic heterocycles. The molecule has 0 saturated carbocycles. The van der Waals surface area contributed by atoms with Gasteiger partial charge in [0.05, 0.1) is 0 Å². The SMILES string of the molecule is OCCCc1cccc(C(Cl)(Cl)C(Cl)(Cl)C(Cl)(Cl)Cl)c1. The van der Waals surface area contributed by atoms with Gasteiger partial charge in [0, 0.05) is 6.61 Å². The van der Waals surface area contributed by atoms with E-state index < -0.39 is 12.5 Å². The fourth-order valence-corrected chi connectivity index (χ4v) is 3.02. The standard InChI is InChI=1S/C12H11Cl7O/c13-10(14,11(15,16)12(17,18)19)9-5-1-3-8(7-9)4-2-6-20/h1,3,5,7,20H,2,4,6H2. The van der Waals surface area contributed by atoms with Crippen LogP contribution in [0, 0.1) is 0 Å². The van der Waals surface area contributed by atoms with Crippen LogP contribution in [0.3, 0.4) is 0 Å². The lowest BCUT2D eigenvalue weighted by Crippen LogP contribution is -2.45. The number of hydrogen-bond acceptors (Lipinski definition) is 1. The number of benzene rings is 1. The van der Waals surface area contributed by atoms with Crippen molar-refractivity contribution in [3.63, 3.8) is 0 Å². The summed E-state index contributed by atoms with van der Waals surface area (Å²) in [7, 11) is 0. The van der Waals surface area contributed by atoms with Gasteiger partial charge in [0.2, 0.25) is 8.13 Å². The minimum absolute atomic E-state index is 0.0836. The number of halogens is 7. The minimum Gasteiger partial charge on any atom is -0.396 e. The highest BCUT2D eigenvalue weighted by Crippen LogP contribution is 2.60. The summed E-state index contributed by atoms with van der Waals surface area (Å²) < 4.78 is -5.96. The van der Waals surface area contributed by atoms with Crippen molar-refractivity contribution < 1.29 is 5.11 Å². The fraction of sp³-hybridized carbons (Fsp3) is 0.500. The first-order chi connectivity index (χ1) is 9.04. The zero-order valence-electron chi connectivity index (χ0n) is 10.0. The van der Waals surface area contributed by atoms with E-state index in [2.05, 4.69) is 0 Å². The molecule has 0 atom stereocenters. The summed E-state index contributed by atoms with van der Waals surface area (Å²) in [6.45, 7) is 0.0836. The van der Waals surface area contributed by atoms with Crippen molar-refractivity contribution in [1.82, 2.24) is 0 Å². The molecule has 0 aliphatic carbocycles. The van der Waals surface area contributed by atoms with E-state index in [1.807, 2.05) is 6.07 Å². The van der Waals surface area contributed by atoms with E-state index >= 15 is 0 Å². The maximum atomic E-state index is 8.85. The third-order valence-corrected chi connectivity index (χ3v) is 6.62. The quantitative estimate of drug-likeness (QED) is 0.600. The average molecular weight is 419 g/mol. The van der Waals surface area contributed by atoms with Crippen LogP contribution in [0.1, 0.15) is 17.5 Å². The summed E-state index contributed by atoms with van der Waals surface area (Å²) in [6, 6.07) is 6.95. The Bertz CT molecular complexity index is 453. The Morgan fingerprint density at radius 2 is 1.55 bits per heavy atom. The molecule has 1 aromatic carbocycles. The lowest BCUT2D eigenvalue weighted by atomic mass is 10.0. The largest absolute Gasteiger partial charge is 0.396 e. The lowest BCUT2D eigenvalue weighted by molar-refractivity contribution is 0.288. The molecule has 0 saturated heterocycles. The van der Waals surface area contributed by atoms with Crippen LogP contribution < -0.4 is 0 Å². The van der Waals surface area contributed by atoms with E-state index in [9.17, 15) is 0 Å². The van der Waals surface area contributed by atoms with Gasteiger partial charge < -0.3 is 5.11 Å². The molecule has 0 fully saturated rings. The molecular formula is C12H11Cl7O. The van der Waals surface area contributed by atoms with Crippen molar-refractivity contribution in [3.8, 4) is 0 Å². The number of aryl methyl sites for hydroxylation is 1. The molecule has 1 aromatic rings. The summed E-state index contributed by atoms with van der Waals surface area (Å²) in [5, 5.41) is 8.85. The maximum absolute atomic E-state index is 8.85. The number of aliphatic hydroxyl groups is 1. The Balaban J connectivity index is 3.15. The number of aliphatic hydroxyl groups excluding tert-OH is 1. The van der Waals surface area contributed by atoms with Crippen LogP contribution >= 0.6 is 81.2 Å². The highest BCUT2D eigenvalue weighted by Gasteiger charge is 2.60. The van der Waals surface area contributed by atoms with E-state index in [-0.39, 0.29) is 6.61 Å². The van der Waals surface area contributed by atoms with E-state index in [1.165, 1.54) is 0 Å². The molecule has 1 N–H and O–H groups in total. The lowest BCUT2D eigenvalue weighted by Gasteiger charge is -2.38. The first kappa shape index (κ1) is 19.3. The smallest absolute Gasteiger partial charge is 0.226 e. The highest BCUT2D eigenvalue weighted by molar-refractivity contribution is 6.78. The van der Waals surface area contributed by atoms with Crippen molar-refractivity contribution in [3.05, 3.63) is 35.4 Å². The minimum atomic E-state index is -2.08. The molecule has 0 aromatic heterocycles. The van der Waals surface area contributed by atoms with Gasteiger partial charge in [0.1, 0.15) is 0 Å². The van der Waals surface area contributed by atoms with Gasteiger partial charge in [-0.25, -0.2) is 0 Å². The van der Waals surface area contributed by atoms with Crippen LogP contribution in [-0.2, 0) is 10.8 Å². The molecule has 20 heavy (non-hydrogen) atoms. The van der Waals surface area contributed by atoms with Crippen LogP contribution in [0.5, 0.6) is 0 Å². The Labute approximate surface area is 153 Å². The molecule has 0 spiro atoms. The van der Waals surface area contributed by atoms with E-state index in [4.69, 9.17) is 86.3 Å².